The van der Waals surface area contributed by atoms with Crippen LogP contribution in [0.2, 0.25) is 0 Å². The maximum atomic E-state index is 12.4. The largest absolute Gasteiger partial charge is 0.512 e. The zero-order chi connectivity index (χ0) is 10.3. The Balaban J connectivity index is 2.97. The Bertz CT molecular complexity index is 267. The van der Waals surface area contributed by atoms with Gasteiger partial charge in [0.05, 0.1) is 11.2 Å². The summed E-state index contributed by atoms with van der Waals surface area (Å²) >= 11 is 0. The van der Waals surface area contributed by atoms with Gasteiger partial charge in [-0.05, 0) is 0 Å². The third-order valence-corrected chi connectivity index (χ3v) is 2.15. The van der Waals surface area contributed by atoms with Crippen molar-refractivity contribution in [2.24, 2.45) is 5.41 Å². The number of aliphatic hydroxyl groups excluding tert-OH is 1. The lowest BCUT2D eigenvalue weighted by molar-refractivity contribution is -0.222. The van der Waals surface area contributed by atoms with E-state index in [-0.39, 0.29) is 0 Å². The van der Waals surface area contributed by atoms with Gasteiger partial charge in [-0.15, -0.1) is 0 Å². The van der Waals surface area contributed by atoms with Crippen LogP contribution in [0.25, 0.3) is 0 Å². The van der Waals surface area contributed by atoms with Crippen LogP contribution in [0.3, 0.4) is 0 Å². The van der Waals surface area contributed by atoms with E-state index in [2.05, 4.69) is 0 Å². The molecule has 5 heteroatoms. The Morgan fingerprint density at radius 3 is 2.38 bits per heavy atom. The second kappa shape index (κ2) is 2.75. The van der Waals surface area contributed by atoms with Gasteiger partial charge in [0.15, 0.2) is 5.78 Å². The van der Waals surface area contributed by atoms with Gasteiger partial charge in [0.25, 0.3) is 0 Å². The second-order valence-electron chi connectivity index (χ2n) is 3.51. The third-order valence-electron chi connectivity index (χ3n) is 2.15. The van der Waals surface area contributed by atoms with Crippen molar-refractivity contribution in [1.29, 1.82) is 0 Å². The molecule has 0 aliphatic heterocycles. The fraction of sp³-hybridized carbons (Fsp3) is 0.625. The summed E-state index contributed by atoms with van der Waals surface area (Å²) in [6.45, 7) is 0.939. The van der Waals surface area contributed by atoms with Crippen molar-refractivity contribution in [2.45, 2.75) is 25.9 Å². The van der Waals surface area contributed by atoms with Crippen molar-refractivity contribution in [2.75, 3.05) is 0 Å². The van der Waals surface area contributed by atoms with Crippen LogP contribution in [-0.2, 0) is 4.79 Å². The molecule has 0 saturated heterocycles. The molecule has 1 rings (SSSR count). The first-order valence-electron chi connectivity index (χ1n) is 3.74. The van der Waals surface area contributed by atoms with E-state index in [4.69, 9.17) is 5.11 Å². The Morgan fingerprint density at radius 1 is 1.46 bits per heavy atom. The summed E-state index contributed by atoms with van der Waals surface area (Å²) in [7, 11) is 0. The van der Waals surface area contributed by atoms with Crippen LogP contribution in [0, 0.1) is 5.41 Å². The molecule has 0 bridgehead atoms. The quantitative estimate of drug-likeness (QED) is 0.642. The molecule has 0 heterocycles. The summed E-state index contributed by atoms with van der Waals surface area (Å²) < 4.78 is 37.1. The number of hydrogen-bond donors (Lipinski definition) is 1. The van der Waals surface area contributed by atoms with Gasteiger partial charge in [0, 0.05) is 18.9 Å². The number of allylic oxidation sites excluding steroid dienone is 2. The number of hydrogen-bond acceptors (Lipinski definition) is 2. The molecule has 0 aromatic rings. The molecule has 13 heavy (non-hydrogen) atoms. The SMILES string of the molecule is C[C@]1(C(F)(F)F)CC(=O)C=C(O)C1. The first-order valence-corrected chi connectivity index (χ1v) is 3.74. The first-order chi connectivity index (χ1) is 5.74. The summed E-state index contributed by atoms with van der Waals surface area (Å²) in [6, 6.07) is 0. The lowest BCUT2D eigenvalue weighted by atomic mass is 9.77. The highest BCUT2D eigenvalue weighted by atomic mass is 19.4. The monoisotopic (exact) mass is 194 g/mol. The molecule has 0 amide bonds. The maximum absolute atomic E-state index is 12.4. The Labute approximate surface area is 73.1 Å². The number of alkyl halides is 3. The summed E-state index contributed by atoms with van der Waals surface area (Å²) in [5.74, 6) is -1.17. The molecular formula is C8H9F3O2. The Morgan fingerprint density at radius 2 is 2.00 bits per heavy atom. The standard InChI is InChI=1S/C8H9F3O2/c1-7(8(9,10)11)3-5(12)2-6(13)4-7/h2,12H,3-4H2,1H3/t7-/m1/s1. The first kappa shape index (κ1) is 10.1. The lowest BCUT2D eigenvalue weighted by Gasteiger charge is -2.32. The summed E-state index contributed by atoms with van der Waals surface area (Å²) in [5.41, 5.74) is -2.11. The van der Waals surface area contributed by atoms with E-state index in [1.54, 1.807) is 0 Å². The number of halogens is 3. The predicted molar refractivity (Wildman–Crippen MR) is 39.1 cm³/mol. The van der Waals surface area contributed by atoms with Gasteiger partial charge in [0.1, 0.15) is 0 Å². The van der Waals surface area contributed by atoms with Crippen molar-refractivity contribution in [3.8, 4) is 0 Å². The summed E-state index contributed by atoms with van der Waals surface area (Å²) in [4.78, 5) is 10.8. The van der Waals surface area contributed by atoms with Crippen LogP contribution in [0.4, 0.5) is 13.2 Å². The molecule has 1 atom stereocenters. The van der Waals surface area contributed by atoms with E-state index >= 15 is 0 Å². The van der Waals surface area contributed by atoms with E-state index in [0.717, 1.165) is 13.0 Å². The highest BCUT2D eigenvalue weighted by molar-refractivity contribution is 5.91. The van der Waals surface area contributed by atoms with Gasteiger partial charge in [-0.3, -0.25) is 4.79 Å². The lowest BCUT2D eigenvalue weighted by Crippen LogP contribution is -2.39. The number of ketones is 1. The minimum atomic E-state index is -4.45. The molecule has 0 aromatic carbocycles. The van der Waals surface area contributed by atoms with Crippen LogP contribution in [0.5, 0.6) is 0 Å². The molecule has 1 aliphatic rings. The minimum Gasteiger partial charge on any atom is -0.512 e. The second-order valence-corrected chi connectivity index (χ2v) is 3.51. The fourth-order valence-corrected chi connectivity index (χ4v) is 1.34. The van der Waals surface area contributed by atoms with E-state index in [1.807, 2.05) is 0 Å². The molecule has 2 nitrogen and oxygen atoms in total. The molecular weight excluding hydrogens is 185 g/mol. The van der Waals surface area contributed by atoms with Crippen LogP contribution >= 0.6 is 0 Å². The van der Waals surface area contributed by atoms with Gasteiger partial charge in [0.2, 0.25) is 0 Å². The number of carbonyl (C=O) groups excluding carboxylic acids is 1. The predicted octanol–water partition coefficient (Wildman–Crippen LogP) is 2.36. The number of aliphatic hydroxyl groups is 1. The number of carbonyl (C=O) groups is 1. The van der Waals surface area contributed by atoms with Crippen molar-refractivity contribution >= 4 is 5.78 Å². The fourth-order valence-electron chi connectivity index (χ4n) is 1.34. The zero-order valence-corrected chi connectivity index (χ0v) is 6.98. The van der Waals surface area contributed by atoms with Gasteiger partial charge in [-0.25, -0.2) is 0 Å². The molecule has 0 radical (unpaired) electrons. The molecule has 74 valence electrons. The normalized spacial score (nSPS) is 30.2. The van der Waals surface area contributed by atoms with Crippen LogP contribution in [0.1, 0.15) is 19.8 Å². The molecule has 0 aromatic heterocycles. The van der Waals surface area contributed by atoms with Crippen molar-refractivity contribution < 1.29 is 23.1 Å². The smallest absolute Gasteiger partial charge is 0.395 e. The number of rotatable bonds is 0. The average molecular weight is 194 g/mol. The van der Waals surface area contributed by atoms with Crippen LogP contribution < -0.4 is 0 Å². The van der Waals surface area contributed by atoms with Crippen LogP contribution in [-0.4, -0.2) is 17.1 Å². The average Bonchev–Trinajstić information content (AvgIpc) is 1.79. The van der Waals surface area contributed by atoms with Gasteiger partial charge < -0.3 is 5.11 Å². The summed E-state index contributed by atoms with van der Waals surface area (Å²) in [6.07, 6.45) is -4.69. The molecule has 0 spiro atoms. The molecule has 0 fully saturated rings. The highest BCUT2D eigenvalue weighted by Crippen LogP contribution is 2.47. The maximum Gasteiger partial charge on any atom is 0.395 e. The van der Waals surface area contributed by atoms with Crippen molar-refractivity contribution in [1.82, 2.24) is 0 Å². The van der Waals surface area contributed by atoms with E-state index in [1.165, 1.54) is 0 Å². The Kier molecular flexibility index (Phi) is 2.13. The van der Waals surface area contributed by atoms with Gasteiger partial charge in [-0.2, -0.15) is 13.2 Å². The Hall–Kier alpha value is -1.00. The highest BCUT2D eigenvalue weighted by Gasteiger charge is 2.53. The van der Waals surface area contributed by atoms with Gasteiger partial charge >= 0.3 is 6.18 Å². The van der Waals surface area contributed by atoms with E-state index in [0.29, 0.717) is 0 Å². The van der Waals surface area contributed by atoms with Crippen molar-refractivity contribution in [3.63, 3.8) is 0 Å². The molecule has 1 aliphatic carbocycles. The van der Waals surface area contributed by atoms with Gasteiger partial charge in [-0.1, -0.05) is 6.92 Å². The third kappa shape index (κ3) is 1.84. The van der Waals surface area contributed by atoms with E-state index < -0.39 is 36.0 Å². The zero-order valence-electron chi connectivity index (χ0n) is 6.98. The summed E-state index contributed by atoms with van der Waals surface area (Å²) in [5, 5.41) is 8.92. The minimum absolute atomic E-state index is 0.490. The molecule has 1 N–H and O–H groups in total. The topological polar surface area (TPSA) is 37.3 Å². The molecule has 0 saturated carbocycles. The van der Waals surface area contributed by atoms with Crippen molar-refractivity contribution in [3.05, 3.63) is 11.8 Å². The molecule has 0 unspecified atom stereocenters. The van der Waals surface area contributed by atoms with Crippen LogP contribution in [0.15, 0.2) is 11.8 Å². The van der Waals surface area contributed by atoms with E-state index in [9.17, 15) is 18.0 Å².